The van der Waals surface area contributed by atoms with Crippen molar-refractivity contribution in [3.63, 3.8) is 0 Å². The molecular weight excluding hydrogens is 360 g/mol. The first kappa shape index (κ1) is 17.5. The second-order valence-electron chi connectivity index (χ2n) is 5.05. The van der Waals surface area contributed by atoms with Gasteiger partial charge in [-0.25, -0.2) is 0 Å². The summed E-state index contributed by atoms with van der Waals surface area (Å²) in [6, 6.07) is 14.1. The average molecular weight is 379 g/mol. The summed E-state index contributed by atoms with van der Waals surface area (Å²) in [6.07, 6.45) is -0.548. The molecule has 1 unspecified atom stereocenters. The summed E-state index contributed by atoms with van der Waals surface area (Å²) in [5.41, 5.74) is 0. The zero-order valence-electron chi connectivity index (χ0n) is 13.2. The maximum Gasteiger partial charge on any atom is 0.175 e. The second kappa shape index (κ2) is 8.71. The van der Waals surface area contributed by atoms with Crippen LogP contribution < -0.4 is 4.74 Å². The van der Waals surface area contributed by atoms with Gasteiger partial charge in [0.1, 0.15) is 12.4 Å². The lowest BCUT2D eigenvalue weighted by Gasteiger charge is -2.11. The van der Waals surface area contributed by atoms with Crippen molar-refractivity contribution < 1.29 is 9.84 Å². The first-order chi connectivity index (χ1) is 11.7. The van der Waals surface area contributed by atoms with Gasteiger partial charge in [0.05, 0.1) is 6.10 Å². The summed E-state index contributed by atoms with van der Waals surface area (Å²) in [7, 11) is 0. The van der Waals surface area contributed by atoms with Gasteiger partial charge in [0.25, 0.3) is 0 Å². The lowest BCUT2D eigenvalue weighted by molar-refractivity contribution is 0.126. The molecule has 7 heteroatoms. The maximum absolute atomic E-state index is 10.1. The first-order valence-electron chi connectivity index (χ1n) is 7.63. The van der Waals surface area contributed by atoms with Gasteiger partial charge in [0, 0.05) is 5.75 Å². The molecule has 1 N–H and O–H groups in total. The number of aliphatic hydroxyl groups is 1. The maximum atomic E-state index is 10.1. The van der Waals surface area contributed by atoms with Crippen molar-refractivity contribution in [2.45, 2.75) is 21.7 Å². The standard InChI is InChI=1S/C17H18N2O2S3/c1-2-22-16-18-19-17(24-16)23-11-14(20)10-21-15-8-7-12-5-3-4-6-13(12)9-15/h3-9,14,20H,2,10-11H2,1H3. The largest absolute Gasteiger partial charge is 0.491 e. The quantitative estimate of drug-likeness (QED) is 0.589. The molecule has 0 aliphatic heterocycles. The Balaban J connectivity index is 1.48. The highest BCUT2D eigenvalue weighted by molar-refractivity contribution is 8.03. The number of ether oxygens (including phenoxy) is 1. The molecule has 4 nitrogen and oxygen atoms in total. The van der Waals surface area contributed by atoms with E-state index in [0.717, 1.165) is 25.6 Å². The number of aromatic nitrogens is 2. The van der Waals surface area contributed by atoms with Crippen molar-refractivity contribution in [1.29, 1.82) is 0 Å². The van der Waals surface area contributed by atoms with E-state index in [0.29, 0.717) is 5.75 Å². The molecule has 0 saturated heterocycles. The van der Waals surface area contributed by atoms with Gasteiger partial charge in [-0.3, -0.25) is 0 Å². The molecular formula is C17H18N2O2S3. The van der Waals surface area contributed by atoms with E-state index in [4.69, 9.17) is 4.74 Å². The normalized spacial score (nSPS) is 12.4. The van der Waals surface area contributed by atoms with Crippen molar-refractivity contribution in [3.05, 3.63) is 42.5 Å². The number of rotatable bonds is 8. The van der Waals surface area contributed by atoms with Crippen LogP contribution in [0.2, 0.25) is 0 Å². The van der Waals surface area contributed by atoms with E-state index in [1.165, 1.54) is 17.1 Å². The number of aliphatic hydroxyl groups excluding tert-OH is 1. The topological polar surface area (TPSA) is 55.2 Å². The number of hydrogen-bond donors (Lipinski definition) is 1. The fourth-order valence-electron chi connectivity index (χ4n) is 2.10. The lowest BCUT2D eigenvalue weighted by Crippen LogP contribution is -2.20. The first-order valence-corrected chi connectivity index (χ1v) is 10.4. The summed E-state index contributed by atoms with van der Waals surface area (Å²) in [6.45, 7) is 2.35. The Labute approximate surface area is 153 Å². The zero-order chi connectivity index (χ0) is 16.8. The van der Waals surface area contributed by atoms with Crippen LogP contribution in [0.25, 0.3) is 10.8 Å². The molecule has 3 rings (SSSR count). The van der Waals surface area contributed by atoms with Crippen molar-refractivity contribution in [2.75, 3.05) is 18.1 Å². The van der Waals surface area contributed by atoms with Gasteiger partial charge < -0.3 is 9.84 Å². The number of nitrogens with zero attached hydrogens (tertiary/aromatic N) is 2. The van der Waals surface area contributed by atoms with Crippen LogP contribution in [0.15, 0.2) is 51.1 Å². The molecule has 0 aliphatic rings. The van der Waals surface area contributed by atoms with Gasteiger partial charge in [0.15, 0.2) is 8.68 Å². The van der Waals surface area contributed by atoms with Gasteiger partial charge in [-0.15, -0.1) is 10.2 Å². The third kappa shape index (κ3) is 4.86. The van der Waals surface area contributed by atoms with Gasteiger partial charge >= 0.3 is 0 Å². The molecule has 0 radical (unpaired) electrons. The summed E-state index contributed by atoms with van der Waals surface area (Å²) in [5.74, 6) is 2.30. The number of benzene rings is 2. The molecule has 3 aromatic rings. The van der Waals surface area contributed by atoms with E-state index in [1.807, 2.05) is 30.3 Å². The van der Waals surface area contributed by atoms with Crippen molar-refractivity contribution >= 4 is 45.6 Å². The Morgan fingerprint density at radius 1 is 1.08 bits per heavy atom. The number of thioether (sulfide) groups is 2. The lowest BCUT2D eigenvalue weighted by atomic mass is 10.1. The van der Waals surface area contributed by atoms with Gasteiger partial charge in [-0.05, 0) is 28.7 Å². The molecule has 1 atom stereocenters. The van der Waals surface area contributed by atoms with Gasteiger partial charge in [0.2, 0.25) is 0 Å². The van der Waals surface area contributed by atoms with Crippen molar-refractivity contribution in [1.82, 2.24) is 10.2 Å². The van der Waals surface area contributed by atoms with Crippen LogP contribution in [0.3, 0.4) is 0 Å². The van der Waals surface area contributed by atoms with E-state index < -0.39 is 6.10 Å². The molecule has 0 spiro atoms. The van der Waals surface area contributed by atoms with Crippen LogP contribution in [0.4, 0.5) is 0 Å². The molecule has 1 aromatic heterocycles. The third-order valence-corrected chi connectivity index (χ3v) is 6.44. The predicted molar refractivity (Wildman–Crippen MR) is 102 cm³/mol. The molecule has 0 bridgehead atoms. The SMILES string of the molecule is CCSc1nnc(SCC(O)COc2ccc3ccccc3c2)s1. The Hall–Kier alpha value is -1.28. The van der Waals surface area contributed by atoms with Crippen LogP contribution in [0.5, 0.6) is 5.75 Å². The Bertz CT molecular complexity index is 794. The van der Waals surface area contributed by atoms with Gasteiger partial charge in [-0.1, -0.05) is 72.1 Å². The Kier molecular flexibility index (Phi) is 6.37. The van der Waals surface area contributed by atoms with E-state index in [9.17, 15) is 5.11 Å². The smallest absolute Gasteiger partial charge is 0.175 e. The molecule has 0 aliphatic carbocycles. The summed E-state index contributed by atoms with van der Waals surface area (Å²) in [4.78, 5) is 0. The molecule has 0 fully saturated rings. The highest BCUT2D eigenvalue weighted by Crippen LogP contribution is 2.29. The molecule has 0 saturated carbocycles. The number of hydrogen-bond acceptors (Lipinski definition) is 7. The summed E-state index contributed by atoms with van der Waals surface area (Å²) < 4.78 is 7.57. The second-order valence-corrected chi connectivity index (χ2v) is 8.81. The fraction of sp³-hybridized carbons (Fsp3) is 0.294. The van der Waals surface area contributed by atoms with Crippen LogP contribution in [0.1, 0.15) is 6.92 Å². The van der Waals surface area contributed by atoms with Crippen LogP contribution >= 0.6 is 34.9 Å². The predicted octanol–water partition coefficient (Wildman–Crippen LogP) is 4.34. The molecule has 1 heterocycles. The minimum Gasteiger partial charge on any atom is -0.491 e. The molecule has 24 heavy (non-hydrogen) atoms. The summed E-state index contributed by atoms with van der Waals surface area (Å²) in [5, 5.41) is 20.6. The van der Waals surface area contributed by atoms with Gasteiger partial charge in [-0.2, -0.15) is 0 Å². The summed E-state index contributed by atoms with van der Waals surface area (Å²) >= 11 is 4.76. The van der Waals surface area contributed by atoms with E-state index >= 15 is 0 Å². The fourth-order valence-corrected chi connectivity index (χ4v) is 4.95. The van der Waals surface area contributed by atoms with Crippen LogP contribution in [-0.2, 0) is 0 Å². The van der Waals surface area contributed by atoms with E-state index in [2.05, 4.69) is 29.3 Å². The van der Waals surface area contributed by atoms with Crippen LogP contribution in [-0.4, -0.2) is 39.5 Å². The van der Waals surface area contributed by atoms with E-state index in [1.54, 1.807) is 23.1 Å². The monoisotopic (exact) mass is 378 g/mol. The van der Waals surface area contributed by atoms with E-state index in [-0.39, 0.29) is 6.61 Å². The zero-order valence-corrected chi connectivity index (χ0v) is 15.7. The molecule has 0 amide bonds. The minimum absolute atomic E-state index is 0.265. The minimum atomic E-state index is -0.548. The molecule has 126 valence electrons. The van der Waals surface area contributed by atoms with Crippen molar-refractivity contribution in [2.24, 2.45) is 0 Å². The highest BCUT2D eigenvalue weighted by atomic mass is 32.2. The highest BCUT2D eigenvalue weighted by Gasteiger charge is 2.10. The van der Waals surface area contributed by atoms with Crippen molar-refractivity contribution in [3.8, 4) is 5.75 Å². The Morgan fingerprint density at radius 3 is 2.62 bits per heavy atom. The third-order valence-electron chi connectivity index (χ3n) is 3.22. The number of fused-ring (bicyclic) bond motifs is 1. The molecule has 2 aromatic carbocycles. The average Bonchev–Trinajstić information content (AvgIpc) is 3.06. The van der Waals surface area contributed by atoms with Crippen LogP contribution in [0, 0.1) is 0 Å². The Morgan fingerprint density at radius 2 is 1.83 bits per heavy atom.